The Hall–Kier alpha value is -2.31. The fraction of sp³-hybridized carbons (Fsp3) is 0.211. The average molecular weight is 388 g/mol. The van der Waals surface area contributed by atoms with E-state index in [2.05, 4.69) is 10.2 Å². The number of ether oxygens (including phenoxy) is 1. The van der Waals surface area contributed by atoms with E-state index in [0.29, 0.717) is 28.2 Å². The van der Waals surface area contributed by atoms with Crippen LogP contribution in [0.2, 0.25) is 5.02 Å². The number of hydrogen-bond donors (Lipinski definition) is 0. The highest BCUT2D eigenvalue weighted by molar-refractivity contribution is 7.99. The van der Waals surface area contributed by atoms with Crippen LogP contribution in [-0.2, 0) is 7.05 Å². The first-order valence-corrected chi connectivity index (χ1v) is 9.49. The number of halogens is 1. The van der Waals surface area contributed by atoms with Crippen molar-refractivity contribution in [3.05, 3.63) is 59.1 Å². The monoisotopic (exact) mass is 387 g/mol. The van der Waals surface area contributed by atoms with Gasteiger partial charge in [-0.2, -0.15) is 0 Å². The lowest BCUT2D eigenvalue weighted by Gasteiger charge is -2.06. The molecule has 0 aliphatic carbocycles. The van der Waals surface area contributed by atoms with Crippen molar-refractivity contribution in [1.29, 1.82) is 0 Å². The molecule has 3 rings (SSSR count). The van der Waals surface area contributed by atoms with E-state index in [0.717, 1.165) is 11.3 Å². The first kappa shape index (κ1) is 18.5. The molecule has 0 amide bonds. The normalized spacial score (nSPS) is 10.7. The summed E-state index contributed by atoms with van der Waals surface area (Å²) >= 11 is 7.58. The highest BCUT2D eigenvalue weighted by atomic mass is 35.5. The van der Waals surface area contributed by atoms with E-state index in [-0.39, 0.29) is 11.5 Å². The van der Waals surface area contributed by atoms with Crippen molar-refractivity contribution in [2.24, 2.45) is 7.05 Å². The summed E-state index contributed by atoms with van der Waals surface area (Å²) in [6.45, 7) is 2.52. The van der Waals surface area contributed by atoms with Gasteiger partial charge in [0.1, 0.15) is 5.75 Å². The van der Waals surface area contributed by atoms with Crippen molar-refractivity contribution in [3.8, 4) is 17.1 Å². The minimum absolute atomic E-state index is 0.0281. The number of carbonyl (C=O) groups excluding carboxylic acids is 1. The molecule has 0 saturated carbocycles. The number of aromatic nitrogens is 3. The van der Waals surface area contributed by atoms with Gasteiger partial charge in [0.25, 0.3) is 0 Å². The first-order valence-electron chi connectivity index (χ1n) is 8.13. The molecule has 5 nitrogen and oxygen atoms in total. The largest absolute Gasteiger partial charge is 0.494 e. The van der Waals surface area contributed by atoms with E-state index < -0.39 is 0 Å². The van der Waals surface area contributed by atoms with Crippen molar-refractivity contribution in [2.75, 3.05) is 12.4 Å². The Kier molecular flexibility index (Phi) is 5.96. The molecular weight excluding hydrogens is 370 g/mol. The predicted octanol–water partition coefficient (Wildman–Crippen LogP) is 4.51. The molecular formula is C19H18ClN3O2S. The van der Waals surface area contributed by atoms with Crippen LogP contribution in [0.3, 0.4) is 0 Å². The van der Waals surface area contributed by atoms with Gasteiger partial charge in [0.05, 0.1) is 17.4 Å². The van der Waals surface area contributed by atoms with Crippen LogP contribution in [0.15, 0.2) is 53.7 Å². The topological polar surface area (TPSA) is 57.0 Å². The Morgan fingerprint density at radius 1 is 1.15 bits per heavy atom. The minimum Gasteiger partial charge on any atom is -0.494 e. The molecule has 3 aromatic rings. The third-order valence-electron chi connectivity index (χ3n) is 3.77. The second-order valence-electron chi connectivity index (χ2n) is 5.51. The lowest BCUT2D eigenvalue weighted by Crippen LogP contribution is -2.04. The molecule has 7 heteroatoms. The molecule has 0 aliphatic heterocycles. The van der Waals surface area contributed by atoms with Crippen molar-refractivity contribution < 1.29 is 9.53 Å². The molecule has 0 radical (unpaired) electrons. The number of Topliss-reactive ketones (excluding diaryl/α,β-unsaturated/α-hetero) is 1. The maximum Gasteiger partial charge on any atom is 0.191 e. The van der Waals surface area contributed by atoms with E-state index in [9.17, 15) is 4.79 Å². The molecule has 2 aromatic carbocycles. The van der Waals surface area contributed by atoms with Crippen LogP contribution in [0.1, 0.15) is 17.3 Å². The summed E-state index contributed by atoms with van der Waals surface area (Å²) in [7, 11) is 1.86. The number of thioether (sulfide) groups is 1. The molecule has 26 heavy (non-hydrogen) atoms. The quantitative estimate of drug-likeness (QED) is 0.441. The first-order chi connectivity index (χ1) is 12.6. The van der Waals surface area contributed by atoms with Crippen molar-refractivity contribution in [3.63, 3.8) is 0 Å². The number of rotatable bonds is 7. The van der Waals surface area contributed by atoms with Crippen LogP contribution in [-0.4, -0.2) is 32.9 Å². The summed E-state index contributed by atoms with van der Waals surface area (Å²) in [5.74, 6) is 1.74. The predicted molar refractivity (Wildman–Crippen MR) is 104 cm³/mol. The average Bonchev–Trinajstić information content (AvgIpc) is 3.01. The molecule has 0 aliphatic rings. The van der Waals surface area contributed by atoms with Gasteiger partial charge in [0, 0.05) is 18.2 Å². The van der Waals surface area contributed by atoms with Gasteiger partial charge in [-0.05, 0) is 43.3 Å². The highest BCUT2D eigenvalue weighted by Gasteiger charge is 2.15. The van der Waals surface area contributed by atoms with Gasteiger partial charge >= 0.3 is 0 Å². The van der Waals surface area contributed by atoms with Crippen LogP contribution < -0.4 is 4.74 Å². The molecule has 1 aromatic heterocycles. The number of nitrogens with zero attached hydrogens (tertiary/aromatic N) is 3. The van der Waals surface area contributed by atoms with E-state index in [1.165, 1.54) is 11.8 Å². The Labute approximate surface area is 161 Å². The number of ketones is 1. The summed E-state index contributed by atoms with van der Waals surface area (Å²) in [4.78, 5) is 12.4. The molecule has 1 heterocycles. The van der Waals surface area contributed by atoms with Gasteiger partial charge in [-0.3, -0.25) is 4.79 Å². The zero-order chi connectivity index (χ0) is 18.5. The van der Waals surface area contributed by atoms with E-state index in [1.807, 2.05) is 42.8 Å². The maximum absolute atomic E-state index is 12.4. The molecule has 0 fully saturated rings. The molecule has 0 spiro atoms. The van der Waals surface area contributed by atoms with E-state index in [4.69, 9.17) is 16.3 Å². The molecule has 0 N–H and O–H groups in total. The van der Waals surface area contributed by atoms with Gasteiger partial charge in [0.15, 0.2) is 16.8 Å². The number of hydrogen-bond acceptors (Lipinski definition) is 5. The summed E-state index contributed by atoms with van der Waals surface area (Å²) in [6, 6.07) is 14.6. The fourth-order valence-corrected chi connectivity index (χ4v) is 3.46. The zero-order valence-corrected chi connectivity index (χ0v) is 16.0. The van der Waals surface area contributed by atoms with Gasteiger partial charge in [-0.25, -0.2) is 0 Å². The number of benzene rings is 2. The molecule has 0 saturated heterocycles. The smallest absolute Gasteiger partial charge is 0.191 e. The van der Waals surface area contributed by atoms with E-state index in [1.54, 1.807) is 24.3 Å². The molecule has 0 bridgehead atoms. The Bertz CT molecular complexity index is 909. The van der Waals surface area contributed by atoms with Crippen molar-refractivity contribution in [2.45, 2.75) is 12.1 Å². The summed E-state index contributed by atoms with van der Waals surface area (Å²) in [6.07, 6.45) is 0. The summed E-state index contributed by atoms with van der Waals surface area (Å²) in [5, 5.41) is 9.67. The molecule has 0 atom stereocenters. The summed E-state index contributed by atoms with van der Waals surface area (Å²) < 4.78 is 7.24. The Morgan fingerprint density at radius 3 is 2.58 bits per heavy atom. The standard InChI is InChI=1S/C19H18ClN3O2S/c1-3-25-14-10-8-13(9-11-14)17(24)12-26-19-22-21-18(23(19)2)15-6-4-5-7-16(15)20/h4-11H,3,12H2,1-2H3. The van der Waals surface area contributed by atoms with Crippen LogP contribution >= 0.6 is 23.4 Å². The minimum atomic E-state index is 0.0281. The SMILES string of the molecule is CCOc1ccc(C(=O)CSc2nnc(-c3ccccc3Cl)n2C)cc1. The third kappa shape index (κ3) is 4.08. The van der Waals surface area contributed by atoms with Crippen LogP contribution in [0.4, 0.5) is 0 Å². The van der Waals surface area contributed by atoms with Gasteiger partial charge < -0.3 is 9.30 Å². The second-order valence-corrected chi connectivity index (χ2v) is 6.86. The zero-order valence-electron chi connectivity index (χ0n) is 14.5. The van der Waals surface area contributed by atoms with Crippen LogP contribution in [0.5, 0.6) is 5.75 Å². The van der Waals surface area contributed by atoms with Crippen LogP contribution in [0.25, 0.3) is 11.4 Å². The van der Waals surface area contributed by atoms with Gasteiger partial charge in [-0.15, -0.1) is 10.2 Å². The number of carbonyl (C=O) groups is 1. The lowest BCUT2D eigenvalue weighted by molar-refractivity contribution is 0.102. The Morgan fingerprint density at radius 2 is 1.88 bits per heavy atom. The lowest BCUT2D eigenvalue weighted by atomic mass is 10.1. The fourth-order valence-electron chi connectivity index (χ4n) is 2.43. The maximum atomic E-state index is 12.4. The Balaban J connectivity index is 1.68. The highest BCUT2D eigenvalue weighted by Crippen LogP contribution is 2.28. The van der Waals surface area contributed by atoms with Crippen molar-refractivity contribution >= 4 is 29.1 Å². The molecule has 0 unspecified atom stereocenters. The third-order valence-corrected chi connectivity index (χ3v) is 5.12. The van der Waals surface area contributed by atoms with Crippen LogP contribution in [0, 0.1) is 0 Å². The second kappa shape index (κ2) is 8.38. The van der Waals surface area contributed by atoms with Gasteiger partial charge in [0.2, 0.25) is 0 Å². The molecule has 134 valence electrons. The summed E-state index contributed by atoms with van der Waals surface area (Å²) in [5.41, 5.74) is 1.46. The van der Waals surface area contributed by atoms with E-state index >= 15 is 0 Å². The van der Waals surface area contributed by atoms with Gasteiger partial charge in [-0.1, -0.05) is 35.5 Å². The van der Waals surface area contributed by atoms with Crippen molar-refractivity contribution in [1.82, 2.24) is 14.8 Å².